The molecule has 2 heterocycles. The van der Waals surface area contributed by atoms with Crippen LogP contribution in [0, 0.1) is 5.92 Å². The third kappa shape index (κ3) is 4.72. The predicted molar refractivity (Wildman–Crippen MR) is 141 cm³/mol. The number of ketones is 1. The van der Waals surface area contributed by atoms with E-state index < -0.39 is 11.8 Å². The fourth-order valence-electron chi connectivity index (χ4n) is 5.32. The highest BCUT2D eigenvalue weighted by molar-refractivity contribution is 6.06. The number of ether oxygens (including phenoxy) is 2. The topological polar surface area (TPSA) is 89.5 Å². The Balaban J connectivity index is 1.64. The molecule has 3 aromatic rings. The van der Waals surface area contributed by atoms with E-state index in [9.17, 15) is 9.59 Å². The Morgan fingerprint density at radius 1 is 1.00 bits per heavy atom. The van der Waals surface area contributed by atoms with Gasteiger partial charge < -0.3 is 20.1 Å². The van der Waals surface area contributed by atoms with Crippen molar-refractivity contribution in [2.24, 2.45) is 5.92 Å². The summed E-state index contributed by atoms with van der Waals surface area (Å²) in [6, 6.07) is 20.8. The van der Waals surface area contributed by atoms with Crippen molar-refractivity contribution in [3.8, 4) is 11.5 Å². The molecule has 3 unspecified atom stereocenters. The second-order valence-electron chi connectivity index (χ2n) is 9.21. The number of Topliss-reactive ketones (excluding diaryl/α,β-unsaturated/α-hetero) is 1. The minimum absolute atomic E-state index is 0.0393. The number of methoxy groups -OCH3 is 2. The largest absolute Gasteiger partial charge is 0.497 e. The van der Waals surface area contributed by atoms with E-state index in [0.29, 0.717) is 35.0 Å². The van der Waals surface area contributed by atoms with Crippen LogP contribution in [0.2, 0.25) is 0 Å². The van der Waals surface area contributed by atoms with Crippen LogP contribution in [0.15, 0.2) is 96.0 Å². The van der Waals surface area contributed by atoms with Crippen molar-refractivity contribution < 1.29 is 19.1 Å². The molecule has 7 heteroatoms. The van der Waals surface area contributed by atoms with Gasteiger partial charge in [0.2, 0.25) is 0 Å². The molecule has 5 rings (SSSR count). The number of fused-ring (bicyclic) bond motifs is 1. The molecule has 7 nitrogen and oxygen atoms in total. The molecule has 2 N–H and O–H groups in total. The van der Waals surface area contributed by atoms with Crippen LogP contribution in [0.3, 0.4) is 0 Å². The summed E-state index contributed by atoms with van der Waals surface area (Å²) in [6.45, 7) is 1.87. The predicted octanol–water partition coefficient (Wildman–Crippen LogP) is 4.96. The number of carbonyl (C=O) groups is 2. The molecule has 0 fully saturated rings. The molecular weight excluding hydrogens is 466 g/mol. The third-order valence-corrected chi connectivity index (χ3v) is 7.02. The number of carbonyl (C=O) groups excluding carboxylic acids is 2. The van der Waals surface area contributed by atoms with Crippen LogP contribution in [0.25, 0.3) is 0 Å². The lowest BCUT2D eigenvalue weighted by Gasteiger charge is -2.40. The zero-order valence-corrected chi connectivity index (χ0v) is 21.0. The van der Waals surface area contributed by atoms with Gasteiger partial charge in [-0.2, -0.15) is 0 Å². The van der Waals surface area contributed by atoms with E-state index in [0.717, 1.165) is 16.8 Å². The fraction of sp³-hybridized carbons (Fsp3) is 0.233. The first-order valence-corrected chi connectivity index (χ1v) is 12.2. The minimum Gasteiger partial charge on any atom is -0.497 e. The van der Waals surface area contributed by atoms with Gasteiger partial charge in [-0.05, 0) is 30.7 Å². The van der Waals surface area contributed by atoms with Gasteiger partial charge in [-0.3, -0.25) is 9.59 Å². The Bertz CT molecular complexity index is 1380. The summed E-state index contributed by atoms with van der Waals surface area (Å²) in [5.74, 6) is 0.220. The summed E-state index contributed by atoms with van der Waals surface area (Å²) >= 11 is 0. The molecule has 1 aliphatic heterocycles. The molecule has 3 atom stereocenters. The van der Waals surface area contributed by atoms with Gasteiger partial charge in [0.15, 0.2) is 0 Å². The van der Waals surface area contributed by atoms with Crippen LogP contribution in [-0.2, 0) is 9.59 Å². The summed E-state index contributed by atoms with van der Waals surface area (Å²) < 4.78 is 11.1. The number of amides is 1. The van der Waals surface area contributed by atoms with Gasteiger partial charge in [-0.25, -0.2) is 4.98 Å². The van der Waals surface area contributed by atoms with Gasteiger partial charge in [-0.1, -0.05) is 48.5 Å². The van der Waals surface area contributed by atoms with Gasteiger partial charge in [0, 0.05) is 53.1 Å². The van der Waals surface area contributed by atoms with Gasteiger partial charge in [0.1, 0.15) is 23.1 Å². The highest BCUT2D eigenvalue weighted by atomic mass is 16.5. The number of anilines is 1. The molecule has 0 radical (unpaired) electrons. The molecule has 0 spiro atoms. The van der Waals surface area contributed by atoms with Crippen LogP contribution < -0.4 is 20.1 Å². The molecule has 0 saturated heterocycles. The van der Waals surface area contributed by atoms with Crippen LogP contribution in [0.1, 0.15) is 36.3 Å². The van der Waals surface area contributed by atoms with Crippen molar-refractivity contribution in [2.45, 2.75) is 25.2 Å². The fourth-order valence-corrected chi connectivity index (χ4v) is 5.32. The summed E-state index contributed by atoms with van der Waals surface area (Å²) in [7, 11) is 3.17. The summed E-state index contributed by atoms with van der Waals surface area (Å²) in [4.78, 5) is 31.8. The SMILES string of the molecule is COc1ccc(C2C(C(=O)Nc3ccccn3)=C(C)NC3=CC(c4ccccc4)CC(=O)C32)c(OC)c1. The number of hydrogen-bond acceptors (Lipinski definition) is 6. The molecule has 1 amide bonds. The standard InChI is InChI=1S/C30H29N3O4/c1-18-27(30(35)33-26-11-7-8-14-31-26)28(22-13-12-21(36-2)17-25(22)37-3)29-23(32-18)15-20(16-24(29)34)19-9-5-4-6-10-19/h4-15,17,20,28-29,32H,16H2,1-3H3,(H,31,33,35). The molecule has 0 saturated carbocycles. The summed E-state index contributed by atoms with van der Waals surface area (Å²) in [6.07, 6.45) is 4.10. The molecule has 1 aromatic heterocycles. The van der Waals surface area contributed by atoms with E-state index in [4.69, 9.17) is 9.47 Å². The maximum absolute atomic E-state index is 13.8. The average molecular weight is 496 g/mol. The van der Waals surface area contributed by atoms with Gasteiger partial charge >= 0.3 is 0 Å². The zero-order valence-electron chi connectivity index (χ0n) is 21.0. The van der Waals surface area contributed by atoms with E-state index in [1.807, 2.05) is 55.5 Å². The Hall–Kier alpha value is -4.39. The third-order valence-electron chi connectivity index (χ3n) is 7.02. The van der Waals surface area contributed by atoms with Gasteiger partial charge in [0.25, 0.3) is 5.91 Å². The van der Waals surface area contributed by atoms with Crippen molar-refractivity contribution in [1.29, 1.82) is 0 Å². The summed E-state index contributed by atoms with van der Waals surface area (Å²) in [5, 5.41) is 6.30. The number of hydrogen-bond donors (Lipinski definition) is 2. The average Bonchev–Trinajstić information content (AvgIpc) is 2.92. The number of aromatic nitrogens is 1. The number of pyridine rings is 1. The number of rotatable bonds is 6. The van der Waals surface area contributed by atoms with E-state index >= 15 is 0 Å². The zero-order chi connectivity index (χ0) is 25.9. The first-order chi connectivity index (χ1) is 18.0. The number of nitrogens with zero attached hydrogens (tertiary/aromatic N) is 1. The lowest BCUT2D eigenvalue weighted by atomic mass is 9.68. The molecule has 1 aliphatic carbocycles. The molecule has 2 aliphatic rings. The minimum atomic E-state index is -0.560. The maximum Gasteiger partial charge on any atom is 0.255 e. The molecule has 37 heavy (non-hydrogen) atoms. The van der Waals surface area contributed by atoms with Crippen molar-refractivity contribution in [1.82, 2.24) is 10.3 Å². The van der Waals surface area contributed by atoms with Crippen molar-refractivity contribution in [2.75, 3.05) is 19.5 Å². The Kier molecular flexibility index (Phi) is 6.77. The molecule has 188 valence electrons. The van der Waals surface area contributed by atoms with Crippen molar-refractivity contribution >= 4 is 17.5 Å². The van der Waals surface area contributed by atoms with Crippen LogP contribution >= 0.6 is 0 Å². The quantitative estimate of drug-likeness (QED) is 0.503. The lowest BCUT2D eigenvalue weighted by molar-refractivity contribution is -0.123. The number of nitrogens with one attached hydrogen (secondary N) is 2. The van der Waals surface area contributed by atoms with E-state index in [2.05, 4.69) is 21.7 Å². The van der Waals surface area contributed by atoms with Crippen LogP contribution in [0.5, 0.6) is 11.5 Å². The second kappa shape index (κ2) is 10.3. The van der Waals surface area contributed by atoms with Crippen LogP contribution in [0.4, 0.5) is 5.82 Å². The van der Waals surface area contributed by atoms with E-state index in [-0.39, 0.29) is 17.6 Å². The molecular formula is C30H29N3O4. The van der Waals surface area contributed by atoms with Crippen molar-refractivity contribution in [3.63, 3.8) is 0 Å². The van der Waals surface area contributed by atoms with Gasteiger partial charge in [-0.15, -0.1) is 0 Å². The van der Waals surface area contributed by atoms with Crippen molar-refractivity contribution in [3.05, 3.63) is 107 Å². The highest BCUT2D eigenvalue weighted by Gasteiger charge is 2.45. The number of benzene rings is 2. The van der Waals surface area contributed by atoms with Crippen LogP contribution in [-0.4, -0.2) is 30.9 Å². The molecule has 0 bridgehead atoms. The lowest BCUT2D eigenvalue weighted by Crippen LogP contribution is -2.42. The first kappa shape index (κ1) is 24.3. The highest BCUT2D eigenvalue weighted by Crippen LogP contribution is 2.48. The van der Waals surface area contributed by atoms with Gasteiger partial charge in [0.05, 0.1) is 20.1 Å². The second-order valence-corrected chi connectivity index (χ2v) is 9.21. The van der Waals surface area contributed by atoms with E-state index in [1.54, 1.807) is 38.6 Å². The number of allylic oxidation sites excluding steroid dienone is 3. The Morgan fingerprint density at radius 2 is 1.78 bits per heavy atom. The monoisotopic (exact) mass is 495 g/mol. The Labute approximate surface area is 216 Å². The van der Waals surface area contributed by atoms with E-state index in [1.165, 1.54) is 0 Å². The normalized spacial score (nSPS) is 20.9. The molecule has 2 aromatic carbocycles. The smallest absolute Gasteiger partial charge is 0.255 e. The Morgan fingerprint density at radius 3 is 2.49 bits per heavy atom. The maximum atomic E-state index is 13.8. The summed E-state index contributed by atoms with van der Waals surface area (Å²) in [5.41, 5.74) is 3.79. The first-order valence-electron chi connectivity index (χ1n) is 12.2.